The minimum atomic E-state index is -0.477. The van der Waals surface area contributed by atoms with Gasteiger partial charge in [0.25, 0.3) is 5.91 Å². The van der Waals surface area contributed by atoms with E-state index >= 15 is 0 Å². The molecule has 3 nitrogen and oxygen atoms in total. The molecule has 0 bridgehead atoms. The van der Waals surface area contributed by atoms with Gasteiger partial charge in [-0.05, 0) is 44.4 Å². The summed E-state index contributed by atoms with van der Waals surface area (Å²) in [6, 6.07) is 4.71. The Balaban J connectivity index is 2.47. The summed E-state index contributed by atoms with van der Waals surface area (Å²) in [6.45, 7) is 4.22. The molecule has 4 heteroatoms. The first-order chi connectivity index (χ1) is 8.00. The summed E-state index contributed by atoms with van der Waals surface area (Å²) in [5.41, 5.74) is 6.48. The second-order valence-electron chi connectivity index (χ2n) is 4.36. The van der Waals surface area contributed by atoms with E-state index in [-0.39, 0.29) is 17.5 Å². The second-order valence-corrected chi connectivity index (χ2v) is 4.36. The van der Waals surface area contributed by atoms with Crippen LogP contribution in [0.5, 0.6) is 0 Å². The molecule has 17 heavy (non-hydrogen) atoms. The van der Waals surface area contributed by atoms with Gasteiger partial charge >= 0.3 is 0 Å². The lowest BCUT2D eigenvalue weighted by Crippen LogP contribution is -2.26. The fourth-order valence-electron chi connectivity index (χ4n) is 1.53. The van der Waals surface area contributed by atoms with E-state index in [1.54, 1.807) is 13.0 Å². The van der Waals surface area contributed by atoms with Crippen molar-refractivity contribution >= 4 is 5.91 Å². The molecule has 3 N–H and O–H groups in total. The summed E-state index contributed by atoms with van der Waals surface area (Å²) in [6.07, 6.45) is 1.65. The van der Waals surface area contributed by atoms with E-state index < -0.39 is 5.82 Å². The average Bonchev–Trinajstić information content (AvgIpc) is 2.23. The van der Waals surface area contributed by atoms with Crippen LogP contribution in [0.25, 0.3) is 0 Å². The molecular formula is C13H19FN2O. The van der Waals surface area contributed by atoms with Crippen LogP contribution in [0.1, 0.15) is 35.7 Å². The fourth-order valence-corrected chi connectivity index (χ4v) is 1.53. The Hall–Kier alpha value is -1.42. The molecule has 0 fully saturated rings. The van der Waals surface area contributed by atoms with Crippen molar-refractivity contribution < 1.29 is 9.18 Å². The molecule has 0 aromatic heterocycles. The summed E-state index contributed by atoms with van der Waals surface area (Å²) in [5.74, 6) is -0.845. The van der Waals surface area contributed by atoms with Crippen LogP contribution in [-0.2, 0) is 0 Å². The van der Waals surface area contributed by atoms with E-state index in [1.807, 2.05) is 6.92 Å². The predicted molar refractivity (Wildman–Crippen MR) is 66.4 cm³/mol. The quantitative estimate of drug-likeness (QED) is 0.771. The Morgan fingerprint density at radius 2 is 2.24 bits per heavy atom. The van der Waals surface area contributed by atoms with E-state index in [0.29, 0.717) is 6.54 Å². The third kappa shape index (κ3) is 4.53. The number of aryl methyl sites for hydroxylation is 1. The Morgan fingerprint density at radius 1 is 1.53 bits per heavy atom. The van der Waals surface area contributed by atoms with Crippen molar-refractivity contribution in [3.8, 4) is 0 Å². The highest BCUT2D eigenvalue weighted by molar-refractivity contribution is 5.94. The maximum atomic E-state index is 13.5. The van der Waals surface area contributed by atoms with E-state index in [4.69, 9.17) is 5.73 Å². The average molecular weight is 238 g/mol. The van der Waals surface area contributed by atoms with Gasteiger partial charge in [0.05, 0.1) is 5.56 Å². The zero-order valence-electron chi connectivity index (χ0n) is 10.3. The molecule has 1 unspecified atom stereocenters. The first-order valence-electron chi connectivity index (χ1n) is 5.80. The minimum Gasteiger partial charge on any atom is -0.352 e. The van der Waals surface area contributed by atoms with Crippen molar-refractivity contribution in [3.05, 3.63) is 35.1 Å². The third-order valence-corrected chi connectivity index (χ3v) is 2.49. The smallest absolute Gasteiger partial charge is 0.254 e. The van der Waals surface area contributed by atoms with Gasteiger partial charge in [-0.2, -0.15) is 0 Å². The molecule has 0 heterocycles. The third-order valence-electron chi connectivity index (χ3n) is 2.49. The first-order valence-corrected chi connectivity index (χ1v) is 5.80. The normalized spacial score (nSPS) is 12.2. The zero-order chi connectivity index (χ0) is 12.8. The van der Waals surface area contributed by atoms with Gasteiger partial charge in [-0.15, -0.1) is 0 Å². The molecule has 94 valence electrons. The summed E-state index contributed by atoms with van der Waals surface area (Å²) in [5, 5.41) is 2.68. The number of halogens is 1. The maximum absolute atomic E-state index is 13.5. The van der Waals surface area contributed by atoms with Gasteiger partial charge in [0.2, 0.25) is 0 Å². The molecular weight excluding hydrogens is 219 g/mol. The lowest BCUT2D eigenvalue weighted by molar-refractivity contribution is 0.0948. The molecule has 1 rings (SSSR count). The van der Waals surface area contributed by atoms with Crippen LogP contribution in [0.4, 0.5) is 4.39 Å². The van der Waals surface area contributed by atoms with Gasteiger partial charge in [0, 0.05) is 12.6 Å². The number of rotatable bonds is 5. The minimum absolute atomic E-state index is 0.0939. The van der Waals surface area contributed by atoms with Crippen LogP contribution in [-0.4, -0.2) is 18.5 Å². The van der Waals surface area contributed by atoms with Crippen molar-refractivity contribution in [2.75, 3.05) is 6.54 Å². The number of nitrogens with one attached hydrogen (secondary N) is 1. The number of amides is 1. The van der Waals surface area contributed by atoms with Crippen LogP contribution >= 0.6 is 0 Å². The summed E-state index contributed by atoms with van der Waals surface area (Å²) < 4.78 is 13.5. The zero-order valence-corrected chi connectivity index (χ0v) is 10.3. The van der Waals surface area contributed by atoms with Gasteiger partial charge in [0.1, 0.15) is 5.82 Å². The van der Waals surface area contributed by atoms with Crippen LogP contribution in [0, 0.1) is 12.7 Å². The van der Waals surface area contributed by atoms with E-state index in [1.165, 1.54) is 12.1 Å². The highest BCUT2D eigenvalue weighted by Crippen LogP contribution is 2.09. The Morgan fingerprint density at radius 3 is 2.82 bits per heavy atom. The summed E-state index contributed by atoms with van der Waals surface area (Å²) in [4.78, 5) is 11.6. The largest absolute Gasteiger partial charge is 0.352 e. The SMILES string of the molecule is Cc1ccc(C(=O)NCCCC(C)N)c(F)c1. The fraction of sp³-hybridized carbons (Fsp3) is 0.462. The molecule has 0 saturated heterocycles. The van der Waals surface area contributed by atoms with Gasteiger partial charge < -0.3 is 11.1 Å². The van der Waals surface area contributed by atoms with Gasteiger partial charge in [-0.25, -0.2) is 4.39 Å². The number of carbonyl (C=O) groups is 1. The highest BCUT2D eigenvalue weighted by atomic mass is 19.1. The molecule has 0 spiro atoms. The van der Waals surface area contributed by atoms with Crippen molar-refractivity contribution in [2.45, 2.75) is 32.7 Å². The Kier molecular flexibility index (Phi) is 5.10. The molecule has 1 atom stereocenters. The van der Waals surface area contributed by atoms with E-state index in [9.17, 15) is 9.18 Å². The molecule has 0 aliphatic rings. The molecule has 1 aromatic carbocycles. The van der Waals surface area contributed by atoms with E-state index in [0.717, 1.165) is 18.4 Å². The lowest BCUT2D eigenvalue weighted by atomic mass is 10.1. The van der Waals surface area contributed by atoms with Crippen LogP contribution in [0.2, 0.25) is 0 Å². The van der Waals surface area contributed by atoms with Gasteiger partial charge in [0.15, 0.2) is 0 Å². The second kappa shape index (κ2) is 6.35. The number of nitrogens with two attached hydrogens (primary N) is 1. The Bertz CT molecular complexity index is 391. The molecule has 0 aliphatic carbocycles. The summed E-state index contributed by atoms with van der Waals surface area (Å²) in [7, 11) is 0. The highest BCUT2D eigenvalue weighted by Gasteiger charge is 2.10. The molecule has 0 aliphatic heterocycles. The molecule has 0 saturated carbocycles. The van der Waals surface area contributed by atoms with Crippen molar-refractivity contribution in [1.82, 2.24) is 5.32 Å². The molecule has 1 amide bonds. The topological polar surface area (TPSA) is 55.1 Å². The van der Waals surface area contributed by atoms with Crippen LogP contribution in [0.3, 0.4) is 0 Å². The van der Waals surface area contributed by atoms with Crippen molar-refractivity contribution in [3.63, 3.8) is 0 Å². The first kappa shape index (κ1) is 13.6. The maximum Gasteiger partial charge on any atom is 0.254 e. The van der Waals surface area contributed by atoms with Gasteiger partial charge in [-0.3, -0.25) is 4.79 Å². The van der Waals surface area contributed by atoms with E-state index in [2.05, 4.69) is 5.32 Å². The predicted octanol–water partition coefficient (Wildman–Crippen LogP) is 1.99. The van der Waals surface area contributed by atoms with Crippen molar-refractivity contribution in [2.24, 2.45) is 5.73 Å². The standard InChI is InChI=1S/C13H19FN2O/c1-9-5-6-11(12(14)8-9)13(17)16-7-3-4-10(2)15/h5-6,8,10H,3-4,7,15H2,1-2H3,(H,16,17). The number of carbonyl (C=O) groups excluding carboxylic acids is 1. The van der Waals surface area contributed by atoms with Gasteiger partial charge in [-0.1, -0.05) is 6.07 Å². The Labute approximate surface area is 101 Å². The monoisotopic (exact) mass is 238 g/mol. The van der Waals surface area contributed by atoms with Crippen molar-refractivity contribution in [1.29, 1.82) is 0 Å². The van der Waals surface area contributed by atoms with Crippen LogP contribution < -0.4 is 11.1 Å². The number of benzene rings is 1. The molecule has 0 radical (unpaired) electrons. The lowest BCUT2D eigenvalue weighted by Gasteiger charge is -2.08. The molecule has 1 aromatic rings. The van der Waals surface area contributed by atoms with Crippen LogP contribution in [0.15, 0.2) is 18.2 Å². The summed E-state index contributed by atoms with van der Waals surface area (Å²) >= 11 is 0. The number of hydrogen-bond donors (Lipinski definition) is 2. The number of hydrogen-bond acceptors (Lipinski definition) is 2.